The molecule has 0 aliphatic carbocycles. The second-order valence-corrected chi connectivity index (χ2v) is 4.64. The monoisotopic (exact) mass is 204 g/mol. The lowest BCUT2D eigenvalue weighted by Gasteiger charge is -2.27. The third-order valence-electron chi connectivity index (χ3n) is 2.03. The van der Waals surface area contributed by atoms with E-state index in [0.717, 1.165) is 0 Å². The summed E-state index contributed by atoms with van der Waals surface area (Å²) in [4.78, 5) is 0. The summed E-state index contributed by atoms with van der Waals surface area (Å²) in [7, 11) is 0. The predicted octanol–water partition coefficient (Wildman–Crippen LogP) is 1.27. The van der Waals surface area contributed by atoms with Crippen molar-refractivity contribution in [3.05, 3.63) is 0 Å². The lowest BCUT2D eigenvalue weighted by atomic mass is 10.2. The zero-order valence-electron chi connectivity index (χ0n) is 9.53. The van der Waals surface area contributed by atoms with E-state index in [1.165, 1.54) is 0 Å². The van der Waals surface area contributed by atoms with E-state index in [1.807, 2.05) is 20.8 Å². The van der Waals surface area contributed by atoms with Gasteiger partial charge in [0.2, 0.25) is 0 Å². The minimum atomic E-state index is -1.13. The SMILES string of the molecule is CC(OC(C)(C)O)C1COC(C)(C)O1. The highest BCUT2D eigenvalue weighted by Gasteiger charge is 2.37. The van der Waals surface area contributed by atoms with Crippen LogP contribution < -0.4 is 0 Å². The molecule has 0 radical (unpaired) electrons. The quantitative estimate of drug-likeness (QED) is 0.703. The molecule has 0 aromatic rings. The molecule has 4 heteroatoms. The van der Waals surface area contributed by atoms with E-state index in [9.17, 15) is 5.11 Å². The van der Waals surface area contributed by atoms with Gasteiger partial charge in [0.1, 0.15) is 6.10 Å². The van der Waals surface area contributed by atoms with E-state index >= 15 is 0 Å². The van der Waals surface area contributed by atoms with Crippen LogP contribution in [0.4, 0.5) is 0 Å². The van der Waals surface area contributed by atoms with Gasteiger partial charge in [-0.25, -0.2) is 0 Å². The summed E-state index contributed by atoms with van der Waals surface area (Å²) < 4.78 is 16.4. The van der Waals surface area contributed by atoms with E-state index < -0.39 is 11.6 Å². The van der Waals surface area contributed by atoms with Crippen molar-refractivity contribution in [1.29, 1.82) is 0 Å². The summed E-state index contributed by atoms with van der Waals surface area (Å²) >= 11 is 0. The van der Waals surface area contributed by atoms with Crippen molar-refractivity contribution in [1.82, 2.24) is 0 Å². The van der Waals surface area contributed by atoms with Gasteiger partial charge >= 0.3 is 0 Å². The molecule has 84 valence electrons. The maximum Gasteiger partial charge on any atom is 0.163 e. The van der Waals surface area contributed by atoms with Crippen molar-refractivity contribution in [2.24, 2.45) is 0 Å². The molecule has 0 amide bonds. The third-order valence-corrected chi connectivity index (χ3v) is 2.03. The molecule has 1 saturated heterocycles. The lowest BCUT2D eigenvalue weighted by Crippen LogP contribution is -2.37. The van der Waals surface area contributed by atoms with E-state index in [2.05, 4.69) is 0 Å². The van der Waals surface area contributed by atoms with E-state index in [1.54, 1.807) is 13.8 Å². The molecule has 1 rings (SSSR count). The first-order valence-corrected chi connectivity index (χ1v) is 4.91. The van der Waals surface area contributed by atoms with Gasteiger partial charge < -0.3 is 19.3 Å². The summed E-state index contributed by atoms with van der Waals surface area (Å²) in [5, 5.41) is 9.46. The number of hydrogen-bond donors (Lipinski definition) is 1. The molecule has 14 heavy (non-hydrogen) atoms. The highest BCUT2D eigenvalue weighted by atomic mass is 16.8. The molecule has 1 heterocycles. The molecule has 2 atom stereocenters. The Labute approximate surface area is 85.2 Å². The Balaban J connectivity index is 2.44. The Morgan fingerprint density at radius 3 is 2.43 bits per heavy atom. The van der Waals surface area contributed by atoms with Crippen LogP contribution in [0.5, 0.6) is 0 Å². The summed E-state index contributed by atoms with van der Waals surface area (Å²) in [5.41, 5.74) is 0. The van der Waals surface area contributed by atoms with Crippen molar-refractivity contribution < 1.29 is 19.3 Å². The van der Waals surface area contributed by atoms with Crippen LogP contribution in [0.15, 0.2) is 0 Å². The fraction of sp³-hybridized carbons (Fsp3) is 1.00. The fourth-order valence-corrected chi connectivity index (χ4v) is 1.48. The minimum Gasteiger partial charge on any atom is -0.366 e. The zero-order chi connectivity index (χ0) is 11.0. The maximum absolute atomic E-state index is 9.46. The Morgan fingerprint density at radius 2 is 2.07 bits per heavy atom. The lowest BCUT2D eigenvalue weighted by molar-refractivity contribution is -0.230. The first-order valence-electron chi connectivity index (χ1n) is 4.91. The van der Waals surface area contributed by atoms with Crippen LogP contribution >= 0.6 is 0 Å². The third kappa shape index (κ3) is 3.53. The molecule has 0 bridgehead atoms. The molecular weight excluding hydrogens is 184 g/mol. The Morgan fingerprint density at radius 1 is 1.50 bits per heavy atom. The van der Waals surface area contributed by atoms with Gasteiger partial charge in [-0.05, 0) is 34.6 Å². The molecule has 2 unspecified atom stereocenters. The smallest absolute Gasteiger partial charge is 0.163 e. The van der Waals surface area contributed by atoms with Gasteiger partial charge in [-0.1, -0.05) is 0 Å². The number of ether oxygens (including phenoxy) is 3. The average Bonchev–Trinajstić information content (AvgIpc) is 2.26. The highest BCUT2D eigenvalue weighted by molar-refractivity contribution is 4.76. The van der Waals surface area contributed by atoms with Crippen molar-refractivity contribution in [2.45, 2.75) is 58.4 Å². The van der Waals surface area contributed by atoms with E-state index in [4.69, 9.17) is 14.2 Å². The number of rotatable bonds is 3. The first kappa shape index (κ1) is 11.9. The van der Waals surface area contributed by atoms with Gasteiger partial charge in [0.15, 0.2) is 11.6 Å². The van der Waals surface area contributed by atoms with Gasteiger partial charge in [-0.2, -0.15) is 0 Å². The standard InChI is InChI=1S/C10H20O4/c1-7(13-9(2,3)11)8-6-12-10(4,5)14-8/h7-8,11H,6H2,1-5H3. The Kier molecular flexibility index (Phi) is 3.21. The van der Waals surface area contributed by atoms with E-state index in [-0.39, 0.29) is 12.2 Å². The van der Waals surface area contributed by atoms with Crippen molar-refractivity contribution in [3.63, 3.8) is 0 Å². The van der Waals surface area contributed by atoms with Crippen LogP contribution in [0.1, 0.15) is 34.6 Å². The summed E-state index contributed by atoms with van der Waals surface area (Å²) in [6, 6.07) is 0. The normalized spacial score (nSPS) is 29.1. The molecule has 1 aliphatic rings. The van der Waals surface area contributed by atoms with Gasteiger partial charge in [-0.15, -0.1) is 0 Å². The van der Waals surface area contributed by atoms with Gasteiger partial charge in [0.05, 0.1) is 12.7 Å². The second-order valence-electron chi connectivity index (χ2n) is 4.64. The fourth-order valence-electron chi connectivity index (χ4n) is 1.48. The predicted molar refractivity (Wildman–Crippen MR) is 51.7 cm³/mol. The molecule has 1 N–H and O–H groups in total. The topological polar surface area (TPSA) is 47.9 Å². The molecule has 0 spiro atoms. The summed E-state index contributed by atoms with van der Waals surface area (Å²) in [5.74, 6) is -1.67. The first-order chi connectivity index (χ1) is 6.20. The van der Waals surface area contributed by atoms with E-state index in [0.29, 0.717) is 6.61 Å². The van der Waals surface area contributed by atoms with Crippen LogP contribution in [0.25, 0.3) is 0 Å². The molecule has 0 aromatic heterocycles. The number of aliphatic hydroxyl groups is 1. The average molecular weight is 204 g/mol. The Hall–Kier alpha value is -0.160. The minimum absolute atomic E-state index is 0.114. The molecule has 1 fully saturated rings. The van der Waals surface area contributed by atoms with Gasteiger partial charge in [0, 0.05) is 0 Å². The number of hydrogen-bond acceptors (Lipinski definition) is 4. The molecule has 0 saturated carbocycles. The van der Waals surface area contributed by atoms with Gasteiger partial charge in [-0.3, -0.25) is 0 Å². The molecular formula is C10H20O4. The van der Waals surface area contributed by atoms with Crippen LogP contribution in [0.3, 0.4) is 0 Å². The van der Waals surface area contributed by atoms with Crippen molar-refractivity contribution in [3.8, 4) is 0 Å². The van der Waals surface area contributed by atoms with Crippen LogP contribution in [0, 0.1) is 0 Å². The van der Waals surface area contributed by atoms with Gasteiger partial charge in [0.25, 0.3) is 0 Å². The second kappa shape index (κ2) is 3.77. The molecule has 4 nitrogen and oxygen atoms in total. The van der Waals surface area contributed by atoms with Crippen molar-refractivity contribution >= 4 is 0 Å². The zero-order valence-corrected chi connectivity index (χ0v) is 9.53. The summed E-state index contributed by atoms with van der Waals surface area (Å²) in [6.45, 7) is 9.31. The van der Waals surface area contributed by atoms with Crippen LogP contribution in [-0.4, -0.2) is 35.5 Å². The van der Waals surface area contributed by atoms with Crippen LogP contribution in [-0.2, 0) is 14.2 Å². The highest BCUT2D eigenvalue weighted by Crippen LogP contribution is 2.26. The largest absolute Gasteiger partial charge is 0.366 e. The van der Waals surface area contributed by atoms with Crippen molar-refractivity contribution in [2.75, 3.05) is 6.61 Å². The van der Waals surface area contributed by atoms with Crippen LogP contribution in [0.2, 0.25) is 0 Å². The summed E-state index contributed by atoms with van der Waals surface area (Å²) in [6.07, 6.45) is -0.298. The Bertz CT molecular complexity index is 195. The maximum atomic E-state index is 9.46. The molecule has 1 aliphatic heterocycles. The molecule has 0 aromatic carbocycles.